The zero-order valence-corrected chi connectivity index (χ0v) is 11.5. The zero-order chi connectivity index (χ0) is 14.0. The molecule has 0 aliphatic heterocycles. The first-order valence-corrected chi connectivity index (χ1v) is 6.78. The first-order chi connectivity index (χ1) is 8.99. The van der Waals surface area contributed by atoms with Gasteiger partial charge in [-0.05, 0) is 36.5 Å². The van der Waals surface area contributed by atoms with Crippen molar-refractivity contribution in [3.63, 3.8) is 0 Å². The molecule has 102 valence electrons. The van der Waals surface area contributed by atoms with Crippen LogP contribution in [0.15, 0.2) is 24.3 Å². The van der Waals surface area contributed by atoms with Gasteiger partial charge in [0.15, 0.2) is 0 Å². The predicted octanol–water partition coefficient (Wildman–Crippen LogP) is 3.46. The van der Waals surface area contributed by atoms with Gasteiger partial charge in [0.1, 0.15) is 11.7 Å². The minimum Gasteiger partial charge on any atom is -0.299 e. The van der Waals surface area contributed by atoms with E-state index in [1.165, 1.54) is 6.92 Å². The summed E-state index contributed by atoms with van der Waals surface area (Å²) in [5, 5.41) is 11.6. The zero-order valence-electron chi connectivity index (χ0n) is 10.7. The minimum absolute atomic E-state index is 0.0333. The lowest BCUT2D eigenvalue weighted by molar-refractivity contribution is -0.519. The Balaban J connectivity index is 2.24. The highest BCUT2D eigenvalue weighted by atomic mass is 35.5. The van der Waals surface area contributed by atoms with E-state index >= 15 is 0 Å². The van der Waals surface area contributed by atoms with Crippen molar-refractivity contribution < 1.29 is 9.72 Å². The summed E-state index contributed by atoms with van der Waals surface area (Å²) in [5.74, 6) is -0.275. The number of nitro groups is 1. The van der Waals surface area contributed by atoms with E-state index in [9.17, 15) is 14.9 Å². The van der Waals surface area contributed by atoms with Crippen molar-refractivity contribution in [1.82, 2.24) is 0 Å². The SMILES string of the molecule is CC(C(C(=O)CC1CC1)c1ccc(Cl)cc1)[N+](=O)[O-]. The molecule has 0 bridgehead atoms. The molecule has 0 heterocycles. The number of halogens is 1. The van der Waals surface area contributed by atoms with E-state index in [1.54, 1.807) is 24.3 Å². The third-order valence-electron chi connectivity index (χ3n) is 3.58. The average Bonchev–Trinajstić information content (AvgIpc) is 3.15. The lowest BCUT2D eigenvalue weighted by atomic mass is 9.86. The van der Waals surface area contributed by atoms with Crippen molar-refractivity contribution in [2.45, 2.75) is 38.1 Å². The molecule has 1 aliphatic rings. The summed E-state index contributed by atoms with van der Waals surface area (Å²) in [7, 11) is 0. The van der Waals surface area contributed by atoms with Crippen LogP contribution in [0, 0.1) is 16.0 Å². The Morgan fingerprint density at radius 1 is 1.42 bits per heavy atom. The van der Waals surface area contributed by atoms with E-state index in [0.29, 0.717) is 22.9 Å². The van der Waals surface area contributed by atoms with Gasteiger partial charge in [-0.25, -0.2) is 0 Å². The Morgan fingerprint density at radius 3 is 2.47 bits per heavy atom. The second-order valence-corrected chi connectivity index (χ2v) is 5.61. The summed E-state index contributed by atoms with van der Waals surface area (Å²) >= 11 is 5.81. The van der Waals surface area contributed by atoms with Crippen molar-refractivity contribution in [3.8, 4) is 0 Å². The van der Waals surface area contributed by atoms with Crippen molar-refractivity contribution >= 4 is 17.4 Å². The van der Waals surface area contributed by atoms with E-state index in [0.717, 1.165) is 12.8 Å². The van der Waals surface area contributed by atoms with Gasteiger partial charge in [0, 0.05) is 23.3 Å². The lowest BCUT2D eigenvalue weighted by Gasteiger charge is -2.17. The van der Waals surface area contributed by atoms with Crippen LogP contribution in [0.4, 0.5) is 0 Å². The normalized spacial score (nSPS) is 17.8. The summed E-state index contributed by atoms with van der Waals surface area (Å²) in [6.45, 7) is 1.49. The molecule has 1 aliphatic carbocycles. The molecule has 1 fully saturated rings. The minimum atomic E-state index is -0.910. The molecule has 1 aromatic rings. The Hall–Kier alpha value is -1.42. The van der Waals surface area contributed by atoms with Crippen molar-refractivity contribution in [1.29, 1.82) is 0 Å². The molecular weight excluding hydrogens is 266 g/mol. The number of hydrogen-bond acceptors (Lipinski definition) is 3. The Labute approximate surface area is 116 Å². The Bertz CT molecular complexity index is 482. The summed E-state index contributed by atoms with van der Waals surface area (Å²) in [5.41, 5.74) is 0.680. The first-order valence-electron chi connectivity index (χ1n) is 6.40. The van der Waals surface area contributed by atoms with Crippen LogP contribution in [-0.4, -0.2) is 16.7 Å². The molecule has 0 radical (unpaired) electrons. The van der Waals surface area contributed by atoms with Gasteiger partial charge in [-0.15, -0.1) is 0 Å². The van der Waals surface area contributed by atoms with Gasteiger partial charge in [-0.3, -0.25) is 14.9 Å². The van der Waals surface area contributed by atoms with Crippen LogP contribution in [0.1, 0.15) is 37.7 Å². The van der Waals surface area contributed by atoms with Gasteiger partial charge >= 0.3 is 0 Å². The van der Waals surface area contributed by atoms with Gasteiger partial charge in [0.05, 0.1) is 0 Å². The van der Waals surface area contributed by atoms with Gasteiger partial charge in [0.2, 0.25) is 6.04 Å². The molecule has 0 aromatic heterocycles. The maximum atomic E-state index is 12.3. The maximum Gasteiger partial charge on any atom is 0.224 e. The highest BCUT2D eigenvalue weighted by molar-refractivity contribution is 6.30. The fourth-order valence-electron chi connectivity index (χ4n) is 2.26. The molecule has 1 saturated carbocycles. The second kappa shape index (κ2) is 5.70. The molecule has 19 heavy (non-hydrogen) atoms. The molecule has 0 spiro atoms. The van der Waals surface area contributed by atoms with Crippen molar-refractivity contribution in [2.24, 2.45) is 5.92 Å². The van der Waals surface area contributed by atoms with E-state index in [4.69, 9.17) is 11.6 Å². The topological polar surface area (TPSA) is 60.2 Å². The van der Waals surface area contributed by atoms with E-state index < -0.39 is 12.0 Å². The molecule has 4 nitrogen and oxygen atoms in total. The molecule has 2 atom stereocenters. The number of nitrogens with zero attached hydrogens (tertiary/aromatic N) is 1. The molecule has 5 heteroatoms. The van der Waals surface area contributed by atoms with Crippen LogP contribution in [0.2, 0.25) is 5.02 Å². The molecule has 2 unspecified atom stereocenters. The van der Waals surface area contributed by atoms with Gasteiger partial charge in [-0.1, -0.05) is 23.7 Å². The molecule has 0 amide bonds. The van der Waals surface area contributed by atoms with Crippen LogP contribution in [0.3, 0.4) is 0 Å². The average molecular weight is 282 g/mol. The van der Waals surface area contributed by atoms with E-state index in [1.807, 2.05) is 0 Å². The van der Waals surface area contributed by atoms with Crippen LogP contribution in [0.25, 0.3) is 0 Å². The Kier molecular flexibility index (Phi) is 4.20. The number of rotatable bonds is 6. The monoisotopic (exact) mass is 281 g/mol. The van der Waals surface area contributed by atoms with Gasteiger partial charge in [-0.2, -0.15) is 0 Å². The van der Waals surface area contributed by atoms with Crippen LogP contribution in [-0.2, 0) is 4.79 Å². The summed E-state index contributed by atoms with van der Waals surface area (Å²) in [6.07, 6.45) is 2.57. The smallest absolute Gasteiger partial charge is 0.224 e. The summed E-state index contributed by atoms with van der Waals surface area (Å²) in [4.78, 5) is 22.9. The number of ketones is 1. The number of benzene rings is 1. The first kappa shape index (κ1) is 14.0. The van der Waals surface area contributed by atoms with Gasteiger partial charge < -0.3 is 0 Å². The van der Waals surface area contributed by atoms with Crippen molar-refractivity contribution in [2.75, 3.05) is 0 Å². The summed E-state index contributed by atoms with van der Waals surface area (Å²) in [6, 6.07) is 5.84. The van der Waals surface area contributed by atoms with Crippen LogP contribution >= 0.6 is 11.6 Å². The number of Topliss-reactive ketones (excluding diaryl/α,β-unsaturated/α-hetero) is 1. The summed E-state index contributed by atoms with van der Waals surface area (Å²) < 4.78 is 0. The van der Waals surface area contributed by atoms with E-state index in [2.05, 4.69) is 0 Å². The second-order valence-electron chi connectivity index (χ2n) is 5.17. The predicted molar refractivity (Wildman–Crippen MR) is 73.0 cm³/mol. The van der Waals surface area contributed by atoms with Gasteiger partial charge in [0.25, 0.3) is 0 Å². The fourth-order valence-corrected chi connectivity index (χ4v) is 2.38. The largest absolute Gasteiger partial charge is 0.299 e. The maximum absolute atomic E-state index is 12.3. The molecule has 2 rings (SSSR count). The number of carbonyl (C=O) groups excluding carboxylic acids is 1. The lowest BCUT2D eigenvalue weighted by Crippen LogP contribution is -2.30. The third-order valence-corrected chi connectivity index (χ3v) is 3.83. The third kappa shape index (κ3) is 3.53. The highest BCUT2D eigenvalue weighted by Crippen LogP contribution is 2.36. The fraction of sp³-hybridized carbons (Fsp3) is 0.500. The standard InChI is InChI=1S/C14H16ClNO3/c1-9(16(18)19)14(13(17)8-10-2-3-10)11-4-6-12(15)7-5-11/h4-7,9-10,14H,2-3,8H2,1H3. The molecular formula is C14H16ClNO3. The van der Waals surface area contributed by atoms with Crippen molar-refractivity contribution in [3.05, 3.63) is 45.0 Å². The quantitative estimate of drug-likeness (QED) is 0.592. The Morgan fingerprint density at radius 2 is 2.00 bits per heavy atom. The number of hydrogen-bond donors (Lipinski definition) is 0. The van der Waals surface area contributed by atoms with Crippen LogP contribution < -0.4 is 0 Å². The molecule has 1 aromatic carbocycles. The number of carbonyl (C=O) groups is 1. The van der Waals surface area contributed by atoms with Crippen LogP contribution in [0.5, 0.6) is 0 Å². The highest BCUT2D eigenvalue weighted by Gasteiger charge is 2.37. The van der Waals surface area contributed by atoms with E-state index in [-0.39, 0.29) is 10.7 Å². The molecule has 0 saturated heterocycles. The molecule has 0 N–H and O–H groups in total.